The molecule has 0 spiro atoms. The molecule has 0 fully saturated rings. The van der Waals surface area contributed by atoms with Gasteiger partial charge < -0.3 is 42.6 Å². The second-order valence-corrected chi connectivity index (χ2v) is 15.5. The summed E-state index contributed by atoms with van der Waals surface area (Å²) in [6.07, 6.45) is 0. The SMILES string of the molecule is O=S(=O)([O-])c1cccc(O)c1S(=O)(=O)[O-].O=S(=O)([O-])c1cccc(O)c1S(=O)(=O)[O-].O=S(=O)([O-])c1cccc(O)c1S(=O)(=O)[O-].[Nd+3].[Nd+3]. The minimum absolute atomic E-state index is 0. The van der Waals surface area contributed by atoms with Crippen LogP contribution in [0, 0.1) is 81.7 Å². The summed E-state index contributed by atoms with van der Waals surface area (Å²) < 4.78 is 191. The summed E-state index contributed by atoms with van der Waals surface area (Å²) in [5.74, 6) is -3.20. The van der Waals surface area contributed by atoms with E-state index >= 15 is 0 Å². The largest absolute Gasteiger partial charge is 3.00 e. The molecule has 0 atom stereocenters. The maximum Gasteiger partial charge on any atom is 3.00 e. The molecule has 3 N–H and O–H groups in total. The zero-order chi connectivity index (χ0) is 35.6. The fourth-order valence-corrected chi connectivity index (χ4v) is 8.34. The number of hydrogen-bond donors (Lipinski definition) is 3. The van der Waals surface area contributed by atoms with Crippen LogP contribution in [0.4, 0.5) is 0 Å². The summed E-state index contributed by atoms with van der Waals surface area (Å²) in [5.41, 5.74) is 0. The molecule has 2 radical (unpaired) electrons. The molecule has 29 heteroatoms. The molecule has 254 valence electrons. The molecule has 3 aromatic carbocycles. The number of phenols is 3. The van der Waals surface area contributed by atoms with Gasteiger partial charge in [-0.25, -0.2) is 50.5 Å². The Balaban J connectivity index is 0. The van der Waals surface area contributed by atoms with E-state index < -0.39 is 107 Å². The standard InChI is InChI=1S/3C6H6O7S2.2Nd/c3*7-4-2-1-3-5(14(8,9)10)6(4)15(11,12)13;;/h3*1-3,7H,(H,8,9,10)(H,11,12,13);;/q;;;2*+3/p-6. The summed E-state index contributed by atoms with van der Waals surface area (Å²) in [5, 5.41) is 27.0. The Morgan fingerprint density at radius 3 is 0.617 bits per heavy atom. The van der Waals surface area contributed by atoms with Gasteiger partial charge in [-0.05, 0) is 36.4 Å². The van der Waals surface area contributed by atoms with E-state index in [0.29, 0.717) is 18.2 Å². The summed E-state index contributed by atoms with van der Waals surface area (Å²) >= 11 is 0. The van der Waals surface area contributed by atoms with Gasteiger partial charge in [0.1, 0.15) is 92.6 Å². The van der Waals surface area contributed by atoms with E-state index in [2.05, 4.69) is 0 Å². The van der Waals surface area contributed by atoms with Crippen LogP contribution >= 0.6 is 0 Å². The number of rotatable bonds is 6. The van der Waals surface area contributed by atoms with Gasteiger partial charge >= 0.3 is 81.7 Å². The van der Waals surface area contributed by atoms with Gasteiger partial charge in [0.25, 0.3) is 0 Å². The Hall–Kier alpha value is -0.779. The molecule has 0 unspecified atom stereocenters. The molecule has 47 heavy (non-hydrogen) atoms. The fourth-order valence-electron chi connectivity index (χ4n) is 2.86. The van der Waals surface area contributed by atoms with Crippen LogP contribution < -0.4 is 0 Å². The normalized spacial score (nSPS) is 12.1. The van der Waals surface area contributed by atoms with Crippen LogP contribution in [-0.4, -0.2) is 93.1 Å². The molecule has 3 rings (SSSR count). The van der Waals surface area contributed by atoms with Crippen molar-refractivity contribution in [2.24, 2.45) is 0 Å². The van der Waals surface area contributed by atoms with Gasteiger partial charge in [0.05, 0.1) is 14.7 Å². The van der Waals surface area contributed by atoms with E-state index in [1.807, 2.05) is 0 Å². The zero-order valence-electron chi connectivity index (χ0n) is 21.8. The van der Waals surface area contributed by atoms with E-state index in [9.17, 15) is 77.8 Å². The third-order valence-corrected chi connectivity index (χ3v) is 10.2. The van der Waals surface area contributed by atoms with Crippen LogP contribution in [0.2, 0.25) is 0 Å². The first-order valence-electron chi connectivity index (χ1n) is 10.1. The third-order valence-electron chi connectivity index (χ3n) is 4.43. The second kappa shape index (κ2) is 17.4. The molecule has 0 bridgehead atoms. The Kier molecular flexibility index (Phi) is 17.9. The molecule has 0 aliphatic heterocycles. The Bertz CT molecular complexity index is 2020. The quantitative estimate of drug-likeness (QED) is 0.217. The van der Waals surface area contributed by atoms with Crippen LogP contribution in [0.25, 0.3) is 0 Å². The summed E-state index contributed by atoms with van der Waals surface area (Å²) in [6.45, 7) is 0. The number of hydrogen-bond acceptors (Lipinski definition) is 21. The number of aromatic hydroxyl groups is 3. The number of benzene rings is 3. The smallest absolute Gasteiger partial charge is 0.744 e. The van der Waals surface area contributed by atoms with Gasteiger partial charge in [0, 0.05) is 0 Å². The van der Waals surface area contributed by atoms with E-state index in [-0.39, 0.29) is 81.7 Å². The zero-order valence-corrected chi connectivity index (χ0v) is 33.2. The monoisotopic (exact) mass is 1040 g/mol. The average molecular weight is 1050 g/mol. The molecule has 0 saturated carbocycles. The molecular formula is C18H12Nd2O21S6. The van der Waals surface area contributed by atoms with Crippen LogP contribution in [0.3, 0.4) is 0 Å². The second-order valence-electron chi connectivity index (χ2n) is 7.54. The van der Waals surface area contributed by atoms with Crippen molar-refractivity contribution in [1.29, 1.82) is 0 Å². The van der Waals surface area contributed by atoms with Gasteiger partial charge in [-0.15, -0.1) is 0 Å². The van der Waals surface area contributed by atoms with Crippen LogP contribution in [-0.2, 0) is 60.7 Å². The van der Waals surface area contributed by atoms with Crippen molar-refractivity contribution in [1.82, 2.24) is 0 Å². The molecule has 0 aliphatic carbocycles. The Morgan fingerprint density at radius 1 is 0.340 bits per heavy atom. The topological polar surface area (TPSA) is 404 Å². The molecule has 21 nitrogen and oxygen atoms in total. The van der Waals surface area contributed by atoms with Crippen molar-refractivity contribution in [3.63, 3.8) is 0 Å². The fraction of sp³-hybridized carbons (Fsp3) is 0. The van der Waals surface area contributed by atoms with Gasteiger partial charge in [0.15, 0.2) is 0 Å². The molecular weight excluding hydrogens is 1030 g/mol. The first kappa shape index (κ1) is 48.3. The van der Waals surface area contributed by atoms with Crippen LogP contribution in [0.5, 0.6) is 17.2 Å². The summed E-state index contributed by atoms with van der Waals surface area (Å²) in [7, 11) is -31.1. The summed E-state index contributed by atoms with van der Waals surface area (Å²) in [4.78, 5) is -8.01. The predicted molar refractivity (Wildman–Crippen MR) is 132 cm³/mol. The van der Waals surface area contributed by atoms with Crippen molar-refractivity contribution in [3.05, 3.63) is 54.6 Å². The maximum atomic E-state index is 10.6. The molecule has 0 saturated heterocycles. The van der Waals surface area contributed by atoms with Gasteiger partial charge in [-0.1, -0.05) is 18.2 Å². The van der Waals surface area contributed by atoms with Crippen molar-refractivity contribution >= 4 is 60.7 Å². The minimum Gasteiger partial charge on any atom is -0.744 e. The predicted octanol–water partition coefficient (Wildman–Crippen LogP) is -2.40. The Labute approximate surface area is 332 Å². The molecule has 3 aromatic rings. The molecule has 0 heterocycles. The molecule has 0 aliphatic rings. The van der Waals surface area contributed by atoms with Crippen molar-refractivity contribution in [2.75, 3.05) is 0 Å². The first-order chi connectivity index (χ1) is 19.9. The molecule has 0 amide bonds. The van der Waals surface area contributed by atoms with Gasteiger partial charge in [-0.3, -0.25) is 0 Å². The van der Waals surface area contributed by atoms with E-state index in [4.69, 9.17) is 15.3 Å². The van der Waals surface area contributed by atoms with E-state index in [1.165, 1.54) is 0 Å². The van der Waals surface area contributed by atoms with Crippen LogP contribution in [0.1, 0.15) is 0 Å². The van der Waals surface area contributed by atoms with Crippen molar-refractivity contribution < 1.29 is 175 Å². The molecule has 0 aromatic heterocycles. The minimum atomic E-state index is -5.23. The van der Waals surface area contributed by atoms with Gasteiger partial charge in [-0.2, -0.15) is 0 Å². The number of phenolic OH excluding ortho intramolecular Hbond substituents is 3. The van der Waals surface area contributed by atoms with E-state index in [0.717, 1.165) is 36.4 Å². The van der Waals surface area contributed by atoms with Gasteiger partial charge in [0.2, 0.25) is 0 Å². The van der Waals surface area contributed by atoms with Crippen LogP contribution in [0.15, 0.2) is 84.0 Å². The van der Waals surface area contributed by atoms with E-state index in [1.54, 1.807) is 0 Å². The summed E-state index contributed by atoms with van der Waals surface area (Å²) in [6, 6.07) is 7.09. The average Bonchev–Trinajstić information content (AvgIpc) is 2.80. The Morgan fingerprint density at radius 2 is 0.511 bits per heavy atom. The maximum absolute atomic E-state index is 10.6. The van der Waals surface area contributed by atoms with Crippen molar-refractivity contribution in [3.8, 4) is 17.2 Å². The first-order valence-corrected chi connectivity index (χ1v) is 18.6. The third kappa shape index (κ3) is 14.2. The van der Waals surface area contributed by atoms with Crippen molar-refractivity contribution in [2.45, 2.75) is 29.4 Å².